The van der Waals surface area contributed by atoms with Crippen LogP contribution in [-0.4, -0.2) is 9.13 Å². The molecule has 26 aromatic rings. The van der Waals surface area contributed by atoms with Gasteiger partial charge in [0.05, 0.1) is 50.0 Å². The molecule has 2 aliphatic carbocycles. The van der Waals surface area contributed by atoms with Crippen LogP contribution in [0.15, 0.2) is 558 Å². The Balaban J connectivity index is 0.000000142. The van der Waals surface area contributed by atoms with E-state index in [-0.39, 0.29) is 0 Å². The first-order chi connectivity index (χ1) is 70.4. The number of para-hydroxylation sites is 2. The summed E-state index contributed by atoms with van der Waals surface area (Å²) in [7, 11) is 0. The third-order valence-corrected chi connectivity index (χ3v) is 30.1. The summed E-state index contributed by atoms with van der Waals surface area (Å²) in [6.45, 7) is 0. The Bertz CT molecular complexity index is 9320. The first kappa shape index (κ1) is 82.9. The minimum absolute atomic E-state index is 0.507. The van der Waals surface area contributed by atoms with Crippen molar-refractivity contribution in [2.45, 2.75) is 10.8 Å². The highest BCUT2D eigenvalue weighted by Gasteiger charge is 2.48. The Morgan fingerprint density at radius 1 is 0.148 bits per heavy atom. The molecule has 2 aliphatic rings. The van der Waals surface area contributed by atoms with Crippen molar-refractivity contribution in [3.05, 3.63) is 603 Å². The Kier molecular flexibility index (Phi) is 20.1. The zero-order chi connectivity index (χ0) is 93.8. The molecule has 0 unspecified atom stereocenters. The lowest BCUT2D eigenvalue weighted by Gasteiger charge is -2.35. The summed E-state index contributed by atoms with van der Waals surface area (Å²) < 4.78 is 4.86. The van der Waals surface area contributed by atoms with Crippen molar-refractivity contribution in [1.29, 1.82) is 0 Å². The Morgan fingerprint density at radius 3 is 0.915 bits per heavy atom. The molecule has 4 nitrogen and oxygen atoms in total. The number of hydrogen-bond acceptors (Lipinski definition) is 2. The van der Waals surface area contributed by atoms with Crippen LogP contribution in [0.5, 0.6) is 0 Å². The van der Waals surface area contributed by atoms with Crippen molar-refractivity contribution >= 4 is 121 Å². The fourth-order valence-electron chi connectivity index (χ4n) is 23.7. The standard InChI is InChI=1S/2C69H46N2/c1-3-24-53(25-4-1)69(54-26-5-2-6-27-54)63-32-13-11-30-59(63)60-42-41-56(46-64(60)69)70(65-34-16-20-48-18-7-9-28-57(48)65)55-39-36-47(37-40-55)50-22-15-23-51(44-50)52-38-43-68-62(45-52)61-31-12-14-33-67(61)71(68)66-35-17-21-49-19-8-10-29-58(49)66;1-3-23-54(24-4-1)69(55-25-5-2-6-26-55)64-30-13-11-28-60(64)61-41-40-58(46-65(61)69)70(57-39-35-47-17-7-8-19-52(47)44-57)56-37-33-48(34-38-56)50-21-15-22-51(43-50)53-36-42-68-63(45-53)62-29-12-14-31-67(62)71(68)66-32-16-20-49-18-9-10-27-59(49)66/h2*1-46H. The molecule has 0 bridgehead atoms. The van der Waals surface area contributed by atoms with E-state index in [0.717, 1.165) is 34.1 Å². The number of aromatic nitrogens is 2. The van der Waals surface area contributed by atoms with Gasteiger partial charge in [0.15, 0.2) is 0 Å². The normalized spacial score (nSPS) is 12.6. The number of fused-ring (bicyclic) bond motifs is 16. The van der Waals surface area contributed by atoms with Crippen molar-refractivity contribution in [2.24, 2.45) is 0 Å². The molecule has 0 atom stereocenters. The van der Waals surface area contributed by atoms with E-state index < -0.39 is 10.8 Å². The summed E-state index contributed by atoms with van der Waals surface area (Å²) in [5.41, 5.74) is 37.6. The molecule has 0 spiro atoms. The van der Waals surface area contributed by atoms with E-state index in [2.05, 4.69) is 577 Å². The van der Waals surface area contributed by atoms with Crippen LogP contribution in [0.2, 0.25) is 0 Å². The molecule has 2 aromatic heterocycles. The van der Waals surface area contributed by atoms with Gasteiger partial charge < -0.3 is 18.9 Å². The lowest BCUT2D eigenvalue weighted by molar-refractivity contribution is 0.768. The van der Waals surface area contributed by atoms with Gasteiger partial charge in [-0.1, -0.05) is 431 Å². The molecule has 664 valence electrons. The lowest BCUT2D eigenvalue weighted by atomic mass is 9.67. The van der Waals surface area contributed by atoms with Gasteiger partial charge in [-0.15, -0.1) is 0 Å². The minimum Gasteiger partial charge on any atom is -0.310 e. The van der Waals surface area contributed by atoms with Gasteiger partial charge in [-0.2, -0.15) is 0 Å². The maximum absolute atomic E-state index is 2.46. The smallest absolute Gasteiger partial charge is 0.0714 e. The average Bonchev–Trinajstić information content (AvgIpc) is 1.54. The van der Waals surface area contributed by atoms with Crippen molar-refractivity contribution in [3.63, 3.8) is 0 Å². The lowest BCUT2D eigenvalue weighted by Crippen LogP contribution is -2.28. The fraction of sp³-hybridized carbons (Fsp3) is 0.0145. The largest absolute Gasteiger partial charge is 0.310 e. The molecule has 0 saturated carbocycles. The highest BCUT2D eigenvalue weighted by Crippen LogP contribution is 2.60. The number of nitrogens with zero attached hydrogens (tertiary/aromatic N) is 4. The van der Waals surface area contributed by atoms with Crippen LogP contribution in [0.4, 0.5) is 34.1 Å². The molecule has 0 saturated heterocycles. The summed E-state index contributed by atoms with van der Waals surface area (Å²) in [5, 5.41) is 14.8. The van der Waals surface area contributed by atoms with Crippen LogP contribution in [-0.2, 0) is 10.8 Å². The maximum Gasteiger partial charge on any atom is 0.0714 e. The first-order valence-electron chi connectivity index (χ1n) is 49.2. The molecule has 4 heteroatoms. The third-order valence-electron chi connectivity index (χ3n) is 30.1. The van der Waals surface area contributed by atoms with E-state index in [0.29, 0.717) is 0 Å². The van der Waals surface area contributed by atoms with E-state index in [1.807, 2.05) is 0 Å². The molecule has 28 rings (SSSR count). The third kappa shape index (κ3) is 13.6. The zero-order valence-electron chi connectivity index (χ0n) is 77.9. The highest BCUT2D eigenvalue weighted by atomic mass is 15.2. The number of benzene rings is 24. The number of hydrogen-bond donors (Lipinski definition) is 0. The Hall–Kier alpha value is -18.5. The van der Waals surface area contributed by atoms with Crippen molar-refractivity contribution < 1.29 is 0 Å². The molecule has 24 aromatic carbocycles. The Morgan fingerprint density at radius 2 is 0.451 bits per heavy atom. The second-order valence-electron chi connectivity index (χ2n) is 37.6. The predicted octanol–water partition coefficient (Wildman–Crippen LogP) is 36.5. The fourth-order valence-corrected chi connectivity index (χ4v) is 23.7. The second-order valence-corrected chi connectivity index (χ2v) is 37.6. The number of rotatable bonds is 16. The highest BCUT2D eigenvalue weighted by molar-refractivity contribution is 6.14. The molecular formula is C138H92N4. The van der Waals surface area contributed by atoms with Crippen molar-refractivity contribution in [2.75, 3.05) is 9.80 Å². The molecule has 0 radical (unpaired) electrons. The van der Waals surface area contributed by atoms with Crippen LogP contribution in [0.25, 0.3) is 165 Å². The summed E-state index contributed by atoms with van der Waals surface area (Å²) in [5.74, 6) is 0. The van der Waals surface area contributed by atoms with E-state index in [1.54, 1.807) is 0 Å². The average molecular weight is 1810 g/mol. The molecule has 0 fully saturated rings. The molecular weight excluding hydrogens is 1710 g/mol. The molecule has 0 amide bonds. The minimum atomic E-state index is -0.512. The van der Waals surface area contributed by atoms with Gasteiger partial charge in [-0.3, -0.25) is 0 Å². The summed E-state index contributed by atoms with van der Waals surface area (Å²) in [6.07, 6.45) is 0. The molecule has 0 N–H and O–H groups in total. The summed E-state index contributed by atoms with van der Waals surface area (Å²) in [6, 6.07) is 206. The monoisotopic (exact) mass is 1800 g/mol. The van der Waals surface area contributed by atoms with Gasteiger partial charge >= 0.3 is 0 Å². The van der Waals surface area contributed by atoms with Gasteiger partial charge in [0, 0.05) is 66.1 Å². The molecule has 0 aliphatic heterocycles. The van der Waals surface area contributed by atoms with Crippen LogP contribution in [0.1, 0.15) is 44.5 Å². The molecule has 2 heterocycles. The van der Waals surface area contributed by atoms with Crippen LogP contribution < -0.4 is 9.80 Å². The summed E-state index contributed by atoms with van der Waals surface area (Å²) in [4.78, 5) is 4.89. The van der Waals surface area contributed by atoms with E-state index >= 15 is 0 Å². The van der Waals surface area contributed by atoms with Gasteiger partial charge in [0.1, 0.15) is 0 Å². The maximum atomic E-state index is 2.46. The van der Waals surface area contributed by atoms with Gasteiger partial charge in [0.2, 0.25) is 0 Å². The van der Waals surface area contributed by atoms with Gasteiger partial charge in [-0.05, 0) is 266 Å². The number of anilines is 6. The predicted molar refractivity (Wildman–Crippen MR) is 597 cm³/mol. The van der Waals surface area contributed by atoms with E-state index in [1.165, 1.54) is 209 Å². The van der Waals surface area contributed by atoms with Gasteiger partial charge in [0.25, 0.3) is 0 Å². The van der Waals surface area contributed by atoms with Gasteiger partial charge in [-0.25, -0.2) is 0 Å². The van der Waals surface area contributed by atoms with Crippen LogP contribution in [0.3, 0.4) is 0 Å². The van der Waals surface area contributed by atoms with E-state index in [4.69, 9.17) is 0 Å². The second kappa shape index (κ2) is 34.3. The first-order valence-corrected chi connectivity index (χ1v) is 49.2. The zero-order valence-corrected chi connectivity index (χ0v) is 77.9. The molecule has 142 heavy (non-hydrogen) atoms. The Labute approximate surface area is 825 Å². The van der Waals surface area contributed by atoms with E-state index in [9.17, 15) is 0 Å². The SMILES string of the molecule is c1ccc(C2(c3ccccc3)c3ccccc3-c3ccc(N(c4ccc(-c5cccc(-c6ccc7c(c6)c6ccccc6n7-c6cccc7ccccc67)c5)cc4)c4ccc5ccccc5c4)cc32)cc1.c1ccc(C2(c3ccccc3)c3ccccc3-c3ccc(N(c4ccc(-c5cccc(-c6ccc7c(c6)c6ccccc6n7-c6cccc7ccccc67)c5)cc4)c4cccc5ccccc45)cc32)cc1. The quantitative estimate of drug-likeness (QED) is 0.0959. The van der Waals surface area contributed by atoms with Crippen molar-refractivity contribution in [3.8, 4) is 78.1 Å². The van der Waals surface area contributed by atoms with Crippen molar-refractivity contribution in [1.82, 2.24) is 9.13 Å². The topological polar surface area (TPSA) is 16.3 Å². The van der Waals surface area contributed by atoms with Crippen LogP contribution >= 0.6 is 0 Å². The van der Waals surface area contributed by atoms with Crippen LogP contribution in [0, 0.1) is 0 Å². The summed E-state index contributed by atoms with van der Waals surface area (Å²) >= 11 is 0.